The normalized spacial score (nSPS) is 11.6. The van der Waals surface area contributed by atoms with Crippen LogP contribution in [0.15, 0.2) is 84.9 Å². The lowest BCUT2D eigenvalue weighted by Gasteiger charge is -2.18. The molecule has 1 heterocycles. The van der Waals surface area contributed by atoms with Gasteiger partial charge in [0.2, 0.25) is 0 Å². The van der Waals surface area contributed by atoms with Crippen LogP contribution in [0, 0.1) is 0 Å². The summed E-state index contributed by atoms with van der Waals surface area (Å²) >= 11 is 0. The van der Waals surface area contributed by atoms with Gasteiger partial charge in [-0.3, -0.25) is 9.59 Å². The third-order valence-electron chi connectivity index (χ3n) is 6.12. The molecule has 7 heteroatoms. The second-order valence-electron chi connectivity index (χ2n) is 8.78. The Bertz CT molecular complexity index is 1330. The number of anilines is 1. The summed E-state index contributed by atoms with van der Waals surface area (Å²) in [4.78, 5) is 41.8. The maximum Gasteiger partial charge on any atom is 0.328 e. The molecule has 0 aliphatic heterocycles. The van der Waals surface area contributed by atoms with Crippen molar-refractivity contribution in [1.82, 2.24) is 10.3 Å². The number of unbranched alkanes of at least 4 members (excludes halogenated alkanes) is 1. The van der Waals surface area contributed by atoms with Gasteiger partial charge in [-0.05, 0) is 56.0 Å². The van der Waals surface area contributed by atoms with Crippen LogP contribution in [0.3, 0.4) is 0 Å². The summed E-state index contributed by atoms with van der Waals surface area (Å²) in [6.07, 6.45) is 2.98. The number of fused-ring (bicyclic) bond motifs is 1. The first-order valence-corrected chi connectivity index (χ1v) is 12.5. The van der Waals surface area contributed by atoms with Crippen molar-refractivity contribution in [3.63, 3.8) is 0 Å². The molecule has 2 amide bonds. The first-order chi connectivity index (χ1) is 18.0. The van der Waals surface area contributed by atoms with Crippen LogP contribution in [0.5, 0.6) is 0 Å². The first kappa shape index (κ1) is 25.7. The van der Waals surface area contributed by atoms with E-state index in [0.29, 0.717) is 17.8 Å². The third kappa shape index (κ3) is 6.85. The van der Waals surface area contributed by atoms with Crippen LogP contribution in [0.4, 0.5) is 5.69 Å². The molecule has 4 rings (SSSR count). The number of para-hydroxylation sites is 2. The number of aryl methyl sites for hydroxylation is 1. The van der Waals surface area contributed by atoms with E-state index in [1.165, 1.54) is 5.56 Å². The Kier molecular flexibility index (Phi) is 8.70. The molecule has 1 unspecified atom stereocenters. The van der Waals surface area contributed by atoms with E-state index in [-0.39, 0.29) is 18.1 Å². The number of aromatic nitrogens is 1. The summed E-state index contributed by atoms with van der Waals surface area (Å²) in [6.45, 7) is 1.97. The molecule has 3 N–H and O–H groups in total. The molecule has 0 saturated heterocycles. The molecule has 0 bridgehead atoms. The number of H-pyrrole nitrogens is 1. The Morgan fingerprint density at radius 3 is 2.38 bits per heavy atom. The molecule has 0 radical (unpaired) electrons. The SMILES string of the molecule is CCOC(=O)C(CCCCc1ccccc1)NC(=O)c1ccccc1NC(=O)c1cc2ccccc2[nH]1. The fourth-order valence-electron chi connectivity index (χ4n) is 4.23. The van der Waals surface area contributed by atoms with Gasteiger partial charge in [0, 0.05) is 10.9 Å². The topological polar surface area (TPSA) is 100 Å². The lowest BCUT2D eigenvalue weighted by Crippen LogP contribution is -2.42. The van der Waals surface area contributed by atoms with Gasteiger partial charge in [-0.2, -0.15) is 0 Å². The molecule has 0 aliphatic carbocycles. The molecule has 1 atom stereocenters. The monoisotopic (exact) mass is 497 g/mol. The summed E-state index contributed by atoms with van der Waals surface area (Å²) < 4.78 is 5.21. The van der Waals surface area contributed by atoms with Gasteiger partial charge in [0.1, 0.15) is 11.7 Å². The minimum atomic E-state index is -0.777. The zero-order valence-electron chi connectivity index (χ0n) is 20.8. The maximum absolute atomic E-state index is 13.2. The Balaban J connectivity index is 1.42. The molecule has 0 saturated carbocycles. The predicted octanol–water partition coefficient (Wildman–Crippen LogP) is 5.49. The van der Waals surface area contributed by atoms with Crippen LogP contribution in [0.1, 0.15) is 52.6 Å². The van der Waals surface area contributed by atoms with Gasteiger partial charge < -0.3 is 20.4 Å². The van der Waals surface area contributed by atoms with Crippen molar-refractivity contribution < 1.29 is 19.1 Å². The summed E-state index contributed by atoms with van der Waals surface area (Å²) in [5.41, 5.74) is 3.10. The molecule has 0 spiro atoms. The lowest BCUT2D eigenvalue weighted by molar-refractivity contribution is -0.145. The van der Waals surface area contributed by atoms with Gasteiger partial charge in [0.25, 0.3) is 11.8 Å². The molecule has 1 aromatic heterocycles. The molecule has 0 aliphatic rings. The number of carbonyl (C=O) groups is 3. The maximum atomic E-state index is 13.2. The van der Waals surface area contributed by atoms with E-state index in [9.17, 15) is 14.4 Å². The average Bonchev–Trinajstić information content (AvgIpc) is 3.36. The molecular formula is C30H31N3O4. The van der Waals surface area contributed by atoms with Crippen LogP contribution in [0.2, 0.25) is 0 Å². The number of hydrogen-bond donors (Lipinski definition) is 3. The number of rotatable bonds is 11. The van der Waals surface area contributed by atoms with Gasteiger partial charge in [-0.1, -0.05) is 67.1 Å². The Morgan fingerprint density at radius 1 is 0.865 bits per heavy atom. The van der Waals surface area contributed by atoms with Crippen LogP contribution in [-0.4, -0.2) is 35.4 Å². The van der Waals surface area contributed by atoms with E-state index >= 15 is 0 Å². The Morgan fingerprint density at radius 2 is 1.59 bits per heavy atom. The summed E-state index contributed by atoms with van der Waals surface area (Å²) in [5.74, 6) is -1.27. The Labute approximate surface area is 216 Å². The quantitative estimate of drug-likeness (QED) is 0.188. The van der Waals surface area contributed by atoms with Gasteiger partial charge in [0.15, 0.2) is 0 Å². The number of esters is 1. The molecule has 4 aromatic rings. The van der Waals surface area contributed by atoms with Crippen LogP contribution < -0.4 is 10.6 Å². The fraction of sp³-hybridized carbons (Fsp3) is 0.233. The van der Waals surface area contributed by atoms with Crippen molar-refractivity contribution in [2.75, 3.05) is 11.9 Å². The molecule has 7 nitrogen and oxygen atoms in total. The Hall–Kier alpha value is -4.39. The summed E-state index contributed by atoms with van der Waals surface area (Å²) in [5, 5.41) is 6.56. The fourth-order valence-corrected chi connectivity index (χ4v) is 4.23. The van der Waals surface area contributed by atoms with Crippen molar-refractivity contribution in [2.45, 2.75) is 38.6 Å². The minimum Gasteiger partial charge on any atom is -0.464 e. The van der Waals surface area contributed by atoms with Crippen molar-refractivity contribution in [3.05, 3.63) is 102 Å². The van der Waals surface area contributed by atoms with E-state index in [1.54, 1.807) is 37.3 Å². The molecule has 190 valence electrons. The van der Waals surface area contributed by atoms with Crippen molar-refractivity contribution >= 4 is 34.4 Å². The number of nitrogens with one attached hydrogen (secondary N) is 3. The zero-order chi connectivity index (χ0) is 26.0. The molecular weight excluding hydrogens is 466 g/mol. The second-order valence-corrected chi connectivity index (χ2v) is 8.78. The molecule has 37 heavy (non-hydrogen) atoms. The number of aromatic amines is 1. The van der Waals surface area contributed by atoms with Gasteiger partial charge in [-0.25, -0.2) is 4.79 Å². The molecule has 3 aromatic carbocycles. The highest BCUT2D eigenvalue weighted by molar-refractivity contribution is 6.10. The number of ether oxygens (including phenoxy) is 1. The van der Waals surface area contributed by atoms with Crippen molar-refractivity contribution in [2.24, 2.45) is 0 Å². The predicted molar refractivity (Wildman–Crippen MR) is 145 cm³/mol. The number of hydrogen-bond acceptors (Lipinski definition) is 4. The average molecular weight is 498 g/mol. The highest BCUT2D eigenvalue weighted by Gasteiger charge is 2.24. The van der Waals surface area contributed by atoms with Gasteiger partial charge >= 0.3 is 5.97 Å². The highest BCUT2D eigenvalue weighted by Crippen LogP contribution is 2.19. The standard InChI is InChI=1S/C30H31N3O4/c1-2-37-30(36)26(19-9-6-14-21-12-4-3-5-13-21)33-28(34)23-16-8-11-18-25(23)32-29(35)27-20-22-15-7-10-17-24(22)31-27/h3-5,7-8,10-13,15-18,20,26,31H,2,6,9,14,19H2,1H3,(H,32,35)(H,33,34). The highest BCUT2D eigenvalue weighted by atomic mass is 16.5. The van der Waals surface area contributed by atoms with Crippen LogP contribution >= 0.6 is 0 Å². The number of amides is 2. The van der Waals surface area contributed by atoms with E-state index in [0.717, 1.165) is 30.2 Å². The third-order valence-corrected chi connectivity index (χ3v) is 6.12. The summed E-state index contributed by atoms with van der Waals surface area (Å²) in [7, 11) is 0. The van der Waals surface area contributed by atoms with E-state index < -0.39 is 17.9 Å². The zero-order valence-corrected chi connectivity index (χ0v) is 20.8. The lowest BCUT2D eigenvalue weighted by atomic mass is 10.0. The number of benzene rings is 3. The number of carbonyl (C=O) groups excluding carboxylic acids is 3. The van der Waals surface area contributed by atoms with Crippen molar-refractivity contribution in [3.8, 4) is 0 Å². The van der Waals surface area contributed by atoms with Crippen LogP contribution in [0.25, 0.3) is 10.9 Å². The largest absolute Gasteiger partial charge is 0.464 e. The van der Waals surface area contributed by atoms with Crippen molar-refractivity contribution in [1.29, 1.82) is 0 Å². The summed E-state index contributed by atoms with van der Waals surface area (Å²) in [6, 6.07) is 25.5. The van der Waals surface area contributed by atoms with Gasteiger partial charge in [0.05, 0.1) is 17.9 Å². The first-order valence-electron chi connectivity index (χ1n) is 12.5. The van der Waals surface area contributed by atoms with Crippen LogP contribution in [-0.2, 0) is 16.0 Å². The minimum absolute atomic E-state index is 0.229. The van der Waals surface area contributed by atoms with E-state index in [4.69, 9.17) is 4.74 Å². The van der Waals surface area contributed by atoms with Gasteiger partial charge in [-0.15, -0.1) is 0 Å². The second kappa shape index (κ2) is 12.5. The molecule has 0 fully saturated rings. The van der Waals surface area contributed by atoms with E-state index in [1.807, 2.05) is 42.5 Å². The van der Waals surface area contributed by atoms with E-state index in [2.05, 4.69) is 27.8 Å². The smallest absolute Gasteiger partial charge is 0.328 e.